The molecule has 0 amide bonds. The Morgan fingerprint density at radius 3 is 2.35 bits per heavy atom. The summed E-state index contributed by atoms with van der Waals surface area (Å²) in [5, 5.41) is 0. The van der Waals surface area contributed by atoms with Gasteiger partial charge in [-0.1, -0.05) is 20.3 Å². The van der Waals surface area contributed by atoms with Crippen molar-refractivity contribution >= 4 is 11.6 Å². The highest BCUT2D eigenvalue weighted by atomic mass is 35.5. The smallest absolute Gasteiger partial charge is 0.0225 e. The van der Waals surface area contributed by atoms with E-state index in [4.69, 9.17) is 11.6 Å². The number of hydrogen-bond acceptors (Lipinski definition) is 1. The molecule has 1 unspecified atom stereocenters. The first kappa shape index (κ1) is 15.3. The fourth-order valence-corrected chi connectivity index (χ4v) is 3.30. The molecule has 0 aliphatic heterocycles. The van der Waals surface area contributed by atoms with Crippen molar-refractivity contribution in [1.29, 1.82) is 0 Å². The van der Waals surface area contributed by atoms with E-state index in [1.807, 2.05) is 0 Å². The van der Waals surface area contributed by atoms with Gasteiger partial charge >= 0.3 is 0 Å². The van der Waals surface area contributed by atoms with E-state index in [0.29, 0.717) is 0 Å². The summed E-state index contributed by atoms with van der Waals surface area (Å²) in [7, 11) is 2.31. The molecule has 0 aromatic heterocycles. The zero-order chi connectivity index (χ0) is 12.7. The lowest BCUT2D eigenvalue weighted by molar-refractivity contribution is 0.156. The van der Waals surface area contributed by atoms with Gasteiger partial charge in [-0.3, -0.25) is 0 Å². The van der Waals surface area contributed by atoms with Crippen LogP contribution in [0, 0.1) is 11.8 Å². The Kier molecular flexibility index (Phi) is 7.54. The molecule has 0 heterocycles. The second kappa shape index (κ2) is 8.37. The zero-order valence-electron chi connectivity index (χ0n) is 11.9. The van der Waals surface area contributed by atoms with Gasteiger partial charge in [0.15, 0.2) is 0 Å². The lowest BCUT2D eigenvalue weighted by Gasteiger charge is -2.34. The van der Waals surface area contributed by atoms with E-state index >= 15 is 0 Å². The Balaban J connectivity index is 2.17. The molecular weight excluding hydrogens is 230 g/mol. The van der Waals surface area contributed by atoms with E-state index in [2.05, 4.69) is 25.8 Å². The molecule has 102 valence electrons. The molecule has 0 aromatic rings. The van der Waals surface area contributed by atoms with E-state index in [1.54, 1.807) is 0 Å². The van der Waals surface area contributed by atoms with E-state index in [0.717, 1.165) is 30.2 Å². The number of hydrogen-bond donors (Lipinski definition) is 0. The minimum Gasteiger partial charge on any atom is -0.303 e. The summed E-state index contributed by atoms with van der Waals surface area (Å²) in [5.74, 6) is 2.60. The largest absolute Gasteiger partial charge is 0.303 e. The van der Waals surface area contributed by atoms with E-state index in [-0.39, 0.29) is 0 Å². The summed E-state index contributed by atoms with van der Waals surface area (Å²) in [6.07, 6.45) is 9.57. The topological polar surface area (TPSA) is 3.24 Å². The summed E-state index contributed by atoms with van der Waals surface area (Å²) < 4.78 is 0. The fraction of sp³-hybridized carbons (Fsp3) is 1.00. The Hall–Kier alpha value is 0.250. The second-order valence-electron chi connectivity index (χ2n) is 5.93. The molecule has 1 atom stereocenters. The molecule has 1 saturated carbocycles. The van der Waals surface area contributed by atoms with Crippen LogP contribution in [-0.4, -0.2) is 30.4 Å². The first-order valence-corrected chi connectivity index (χ1v) is 7.97. The number of alkyl halides is 1. The van der Waals surface area contributed by atoms with Gasteiger partial charge in [-0.05, 0) is 64.0 Å². The SMILES string of the molecule is CCC1CCC(N(C)CCC(C)CCCl)CC1. The summed E-state index contributed by atoms with van der Waals surface area (Å²) >= 11 is 5.78. The highest BCUT2D eigenvalue weighted by Crippen LogP contribution is 2.29. The lowest BCUT2D eigenvalue weighted by atomic mass is 9.84. The number of nitrogens with zero attached hydrogens (tertiary/aromatic N) is 1. The van der Waals surface area contributed by atoms with Gasteiger partial charge in [0, 0.05) is 11.9 Å². The van der Waals surface area contributed by atoms with Crippen molar-refractivity contribution in [3.8, 4) is 0 Å². The van der Waals surface area contributed by atoms with Crippen molar-refractivity contribution < 1.29 is 0 Å². The third-order valence-corrected chi connectivity index (χ3v) is 4.81. The summed E-state index contributed by atoms with van der Waals surface area (Å²) in [5.41, 5.74) is 0. The Morgan fingerprint density at radius 1 is 1.18 bits per heavy atom. The maximum Gasteiger partial charge on any atom is 0.0225 e. The third kappa shape index (κ3) is 5.61. The van der Waals surface area contributed by atoms with Crippen LogP contribution in [0.3, 0.4) is 0 Å². The average Bonchev–Trinajstić information content (AvgIpc) is 2.36. The Labute approximate surface area is 113 Å². The Bertz CT molecular complexity index is 187. The van der Waals surface area contributed by atoms with Crippen LogP contribution < -0.4 is 0 Å². The first-order chi connectivity index (χ1) is 8.17. The molecule has 1 fully saturated rings. The minimum atomic E-state index is 0.780. The van der Waals surface area contributed by atoms with Crippen LogP contribution >= 0.6 is 11.6 Å². The number of halogens is 1. The van der Waals surface area contributed by atoms with Gasteiger partial charge in [0.05, 0.1) is 0 Å². The highest BCUT2D eigenvalue weighted by Gasteiger charge is 2.22. The quantitative estimate of drug-likeness (QED) is 0.607. The average molecular weight is 260 g/mol. The van der Waals surface area contributed by atoms with Crippen LogP contribution in [-0.2, 0) is 0 Å². The summed E-state index contributed by atoms with van der Waals surface area (Å²) in [4.78, 5) is 2.59. The van der Waals surface area contributed by atoms with Gasteiger partial charge in [-0.15, -0.1) is 11.6 Å². The van der Waals surface area contributed by atoms with Crippen LogP contribution in [0.2, 0.25) is 0 Å². The lowest BCUT2D eigenvalue weighted by Crippen LogP contribution is -2.36. The van der Waals surface area contributed by atoms with Crippen molar-refractivity contribution in [1.82, 2.24) is 4.90 Å². The highest BCUT2D eigenvalue weighted by molar-refractivity contribution is 6.17. The van der Waals surface area contributed by atoms with Gasteiger partial charge in [-0.2, -0.15) is 0 Å². The van der Waals surface area contributed by atoms with E-state index in [1.165, 1.54) is 45.1 Å². The van der Waals surface area contributed by atoms with Crippen LogP contribution in [0.4, 0.5) is 0 Å². The van der Waals surface area contributed by atoms with Gasteiger partial charge in [0.2, 0.25) is 0 Å². The van der Waals surface area contributed by atoms with Gasteiger partial charge in [0.25, 0.3) is 0 Å². The monoisotopic (exact) mass is 259 g/mol. The molecule has 1 nitrogen and oxygen atoms in total. The first-order valence-electron chi connectivity index (χ1n) is 7.43. The van der Waals surface area contributed by atoms with Crippen LogP contribution in [0.15, 0.2) is 0 Å². The molecule has 2 heteroatoms. The molecule has 0 saturated heterocycles. The summed E-state index contributed by atoms with van der Waals surface area (Å²) in [6, 6.07) is 0.848. The molecular formula is C15H30ClN. The Morgan fingerprint density at radius 2 is 1.82 bits per heavy atom. The molecule has 0 spiro atoms. The zero-order valence-corrected chi connectivity index (χ0v) is 12.7. The standard InChI is InChI=1S/C15H30ClN/c1-4-14-5-7-15(8-6-14)17(3)12-10-13(2)9-11-16/h13-15H,4-12H2,1-3H3. The maximum absolute atomic E-state index is 5.78. The summed E-state index contributed by atoms with van der Waals surface area (Å²) in [6.45, 7) is 5.91. The molecule has 1 rings (SSSR count). The van der Waals surface area contributed by atoms with Crippen molar-refractivity contribution in [2.45, 2.75) is 64.8 Å². The van der Waals surface area contributed by atoms with Gasteiger partial charge < -0.3 is 4.90 Å². The molecule has 17 heavy (non-hydrogen) atoms. The maximum atomic E-state index is 5.78. The van der Waals surface area contributed by atoms with Gasteiger partial charge in [0.1, 0.15) is 0 Å². The normalized spacial score (nSPS) is 27.4. The van der Waals surface area contributed by atoms with Crippen molar-refractivity contribution in [3.05, 3.63) is 0 Å². The molecule has 0 N–H and O–H groups in total. The van der Waals surface area contributed by atoms with Crippen molar-refractivity contribution in [2.75, 3.05) is 19.5 Å². The van der Waals surface area contributed by atoms with Crippen LogP contribution in [0.25, 0.3) is 0 Å². The molecule has 1 aliphatic carbocycles. The minimum absolute atomic E-state index is 0.780. The number of rotatable bonds is 7. The van der Waals surface area contributed by atoms with Crippen molar-refractivity contribution in [2.24, 2.45) is 11.8 Å². The van der Waals surface area contributed by atoms with Crippen LogP contribution in [0.5, 0.6) is 0 Å². The van der Waals surface area contributed by atoms with Crippen molar-refractivity contribution in [3.63, 3.8) is 0 Å². The molecule has 0 aromatic carbocycles. The van der Waals surface area contributed by atoms with E-state index in [9.17, 15) is 0 Å². The second-order valence-corrected chi connectivity index (χ2v) is 6.31. The predicted octanol–water partition coefficient (Wildman–Crippen LogP) is 4.54. The van der Waals surface area contributed by atoms with Crippen LogP contribution in [0.1, 0.15) is 58.8 Å². The molecule has 0 bridgehead atoms. The molecule has 0 radical (unpaired) electrons. The third-order valence-electron chi connectivity index (χ3n) is 4.59. The van der Waals surface area contributed by atoms with Gasteiger partial charge in [-0.25, -0.2) is 0 Å². The molecule has 1 aliphatic rings. The predicted molar refractivity (Wildman–Crippen MR) is 77.8 cm³/mol. The van der Waals surface area contributed by atoms with E-state index < -0.39 is 0 Å². The fourth-order valence-electron chi connectivity index (χ4n) is 2.93.